The number of nitrogens with one attached hydrogen (secondary N) is 2. The summed E-state index contributed by atoms with van der Waals surface area (Å²) in [6.07, 6.45) is 3.59. The molecule has 0 unspecified atom stereocenters. The zero-order valence-electron chi connectivity index (χ0n) is 16.1. The largest absolute Gasteiger partial charge is 0.366 e. The Morgan fingerprint density at radius 3 is 2.32 bits per heavy atom. The fourth-order valence-electron chi connectivity index (χ4n) is 4.70. The number of rotatable bonds is 4. The monoisotopic (exact) mass is 378 g/mol. The van der Waals surface area contributed by atoms with Gasteiger partial charge in [0, 0.05) is 5.54 Å². The molecule has 0 radical (unpaired) electrons. The maximum atomic E-state index is 12.8. The number of para-hydroxylation sites is 1. The number of nitrogens with zero attached hydrogens (tertiary/aromatic N) is 1. The molecule has 3 amide bonds. The van der Waals surface area contributed by atoms with E-state index in [-0.39, 0.29) is 17.1 Å². The molecule has 1 saturated heterocycles. The summed E-state index contributed by atoms with van der Waals surface area (Å²) in [6, 6.07) is 17.4. The number of benzene rings is 2. The van der Waals surface area contributed by atoms with Crippen molar-refractivity contribution in [3.8, 4) is 0 Å². The zero-order valence-corrected chi connectivity index (χ0v) is 16.1. The number of primary amides is 1. The third-order valence-corrected chi connectivity index (χ3v) is 6.40. The first-order valence-corrected chi connectivity index (χ1v) is 9.72. The van der Waals surface area contributed by atoms with Crippen LogP contribution in [-0.2, 0) is 5.54 Å². The standard InChI is InChI=1S/C22H26N4O2/c1-24-22(16-7-3-2-4-8-16)13-11-21(12-14-22)15-26(20(28)25-21)18-10-6-5-9-17(18)19(23)27/h2-10,24H,11-15H2,1H3,(H2,23,27)(H,25,28)/t21-,22-. The highest BCUT2D eigenvalue weighted by Crippen LogP contribution is 2.43. The SMILES string of the molecule is CN[C@]1(c2ccccc2)CC[C@@]2(CC1)CN(c1ccccc1C(N)=O)C(=O)N2. The van der Waals surface area contributed by atoms with Crippen molar-refractivity contribution in [1.29, 1.82) is 0 Å². The molecular formula is C22H26N4O2. The van der Waals surface area contributed by atoms with Gasteiger partial charge in [-0.3, -0.25) is 9.69 Å². The fourth-order valence-corrected chi connectivity index (χ4v) is 4.70. The molecule has 0 bridgehead atoms. The molecule has 6 heteroatoms. The Morgan fingerprint density at radius 2 is 1.68 bits per heavy atom. The Hall–Kier alpha value is -2.86. The minimum atomic E-state index is -0.522. The number of hydrogen-bond donors (Lipinski definition) is 3. The summed E-state index contributed by atoms with van der Waals surface area (Å²) in [5.74, 6) is -0.522. The normalized spacial score (nSPS) is 27.0. The first-order chi connectivity index (χ1) is 13.5. The first-order valence-electron chi connectivity index (χ1n) is 9.72. The number of amides is 3. The van der Waals surface area contributed by atoms with E-state index in [9.17, 15) is 9.59 Å². The number of urea groups is 1. The van der Waals surface area contributed by atoms with Gasteiger partial charge in [0.2, 0.25) is 0 Å². The predicted molar refractivity (Wildman–Crippen MR) is 109 cm³/mol. The van der Waals surface area contributed by atoms with Gasteiger partial charge in [0.05, 0.1) is 23.3 Å². The van der Waals surface area contributed by atoms with E-state index in [1.165, 1.54) is 5.56 Å². The van der Waals surface area contributed by atoms with Gasteiger partial charge in [-0.2, -0.15) is 0 Å². The van der Waals surface area contributed by atoms with E-state index >= 15 is 0 Å². The lowest BCUT2D eigenvalue weighted by molar-refractivity contribution is 0.100. The van der Waals surface area contributed by atoms with E-state index in [0.717, 1.165) is 25.7 Å². The van der Waals surface area contributed by atoms with Crippen molar-refractivity contribution < 1.29 is 9.59 Å². The first kappa shape index (κ1) is 18.5. The molecule has 1 spiro atoms. The average molecular weight is 378 g/mol. The number of anilines is 1. The van der Waals surface area contributed by atoms with Crippen molar-refractivity contribution in [3.05, 3.63) is 65.7 Å². The second-order valence-electron chi connectivity index (χ2n) is 7.88. The molecule has 2 aromatic rings. The zero-order chi connectivity index (χ0) is 19.8. The topological polar surface area (TPSA) is 87.5 Å². The quantitative estimate of drug-likeness (QED) is 0.764. The minimum Gasteiger partial charge on any atom is -0.366 e. The molecule has 1 aliphatic heterocycles. The highest BCUT2D eigenvalue weighted by molar-refractivity contribution is 6.04. The van der Waals surface area contributed by atoms with Crippen LogP contribution in [0.15, 0.2) is 54.6 Å². The fraction of sp³-hybridized carbons (Fsp3) is 0.364. The van der Waals surface area contributed by atoms with E-state index in [0.29, 0.717) is 17.8 Å². The molecule has 1 heterocycles. The van der Waals surface area contributed by atoms with Gasteiger partial charge in [0.1, 0.15) is 0 Å². The molecule has 4 N–H and O–H groups in total. The molecule has 2 aliphatic rings. The van der Waals surface area contributed by atoms with Crippen LogP contribution in [0.4, 0.5) is 10.5 Å². The molecule has 1 saturated carbocycles. The Labute approximate surface area is 165 Å². The van der Waals surface area contributed by atoms with Crippen molar-refractivity contribution in [2.45, 2.75) is 36.8 Å². The summed E-state index contributed by atoms with van der Waals surface area (Å²) in [5, 5.41) is 6.74. The lowest BCUT2D eigenvalue weighted by Crippen LogP contribution is -2.53. The van der Waals surface area contributed by atoms with Crippen LogP contribution in [0.1, 0.15) is 41.6 Å². The Kier molecular flexibility index (Phi) is 4.59. The lowest BCUT2D eigenvalue weighted by atomic mass is 9.69. The van der Waals surface area contributed by atoms with Crippen LogP contribution in [-0.4, -0.2) is 31.1 Å². The molecule has 2 fully saturated rings. The number of hydrogen-bond acceptors (Lipinski definition) is 3. The summed E-state index contributed by atoms with van der Waals surface area (Å²) in [7, 11) is 2.01. The lowest BCUT2D eigenvalue weighted by Gasteiger charge is -2.45. The summed E-state index contributed by atoms with van der Waals surface area (Å²) in [4.78, 5) is 26.2. The van der Waals surface area contributed by atoms with Crippen LogP contribution in [0.3, 0.4) is 0 Å². The van der Waals surface area contributed by atoms with E-state index in [2.05, 4.69) is 34.9 Å². The molecule has 28 heavy (non-hydrogen) atoms. The number of nitrogens with two attached hydrogens (primary N) is 1. The number of carbonyl (C=O) groups is 2. The van der Waals surface area contributed by atoms with Crippen molar-refractivity contribution >= 4 is 17.6 Å². The van der Waals surface area contributed by atoms with E-state index in [1.807, 2.05) is 19.2 Å². The van der Waals surface area contributed by atoms with E-state index in [1.54, 1.807) is 23.1 Å². The van der Waals surface area contributed by atoms with E-state index in [4.69, 9.17) is 5.73 Å². The minimum absolute atomic E-state index is 0.0736. The number of carbonyl (C=O) groups excluding carboxylic acids is 2. The van der Waals surface area contributed by atoms with Gasteiger partial charge >= 0.3 is 6.03 Å². The van der Waals surface area contributed by atoms with Crippen LogP contribution in [0.2, 0.25) is 0 Å². The highest BCUT2D eigenvalue weighted by Gasteiger charge is 2.49. The summed E-state index contributed by atoms with van der Waals surface area (Å²) >= 11 is 0. The summed E-state index contributed by atoms with van der Waals surface area (Å²) in [6.45, 7) is 0.546. The third-order valence-electron chi connectivity index (χ3n) is 6.40. The molecular weight excluding hydrogens is 352 g/mol. The van der Waals surface area contributed by atoms with Crippen molar-refractivity contribution in [3.63, 3.8) is 0 Å². The van der Waals surface area contributed by atoms with Crippen LogP contribution in [0, 0.1) is 0 Å². The van der Waals surface area contributed by atoms with Gasteiger partial charge in [-0.1, -0.05) is 42.5 Å². The van der Waals surface area contributed by atoms with Gasteiger partial charge < -0.3 is 16.4 Å². The molecule has 0 atom stereocenters. The Bertz CT molecular complexity index is 888. The molecule has 4 rings (SSSR count). The molecule has 1 aliphatic carbocycles. The van der Waals surface area contributed by atoms with Crippen molar-refractivity contribution in [2.75, 3.05) is 18.5 Å². The summed E-state index contributed by atoms with van der Waals surface area (Å²) < 4.78 is 0. The van der Waals surface area contributed by atoms with Crippen LogP contribution in [0.25, 0.3) is 0 Å². The van der Waals surface area contributed by atoms with Crippen LogP contribution >= 0.6 is 0 Å². The maximum absolute atomic E-state index is 12.8. The average Bonchev–Trinajstić information content (AvgIpc) is 3.05. The Morgan fingerprint density at radius 1 is 1.04 bits per heavy atom. The highest BCUT2D eigenvalue weighted by atomic mass is 16.2. The smallest absolute Gasteiger partial charge is 0.322 e. The van der Waals surface area contributed by atoms with E-state index < -0.39 is 5.91 Å². The third kappa shape index (κ3) is 3.03. The second kappa shape index (κ2) is 6.95. The van der Waals surface area contributed by atoms with Gasteiger partial charge in [-0.05, 0) is 50.4 Å². The predicted octanol–water partition coefficient (Wildman–Crippen LogP) is 2.74. The van der Waals surface area contributed by atoms with Crippen LogP contribution in [0.5, 0.6) is 0 Å². The summed E-state index contributed by atoms with van der Waals surface area (Å²) in [5.41, 5.74) is 7.40. The molecule has 0 aromatic heterocycles. The maximum Gasteiger partial charge on any atom is 0.322 e. The van der Waals surface area contributed by atoms with Crippen molar-refractivity contribution in [2.24, 2.45) is 5.73 Å². The molecule has 146 valence electrons. The van der Waals surface area contributed by atoms with Gasteiger partial charge in [0.15, 0.2) is 0 Å². The Balaban J connectivity index is 1.56. The van der Waals surface area contributed by atoms with Crippen molar-refractivity contribution in [1.82, 2.24) is 10.6 Å². The molecule has 6 nitrogen and oxygen atoms in total. The van der Waals surface area contributed by atoms with Gasteiger partial charge in [-0.25, -0.2) is 4.79 Å². The second-order valence-corrected chi connectivity index (χ2v) is 7.88. The van der Waals surface area contributed by atoms with Gasteiger partial charge in [0.25, 0.3) is 5.91 Å². The van der Waals surface area contributed by atoms with Crippen LogP contribution < -0.4 is 21.3 Å². The molecule has 2 aromatic carbocycles. The van der Waals surface area contributed by atoms with Gasteiger partial charge in [-0.15, -0.1) is 0 Å².